The van der Waals surface area contributed by atoms with Crippen molar-refractivity contribution < 1.29 is 16.3 Å². The third-order valence-electron chi connectivity index (χ3n) is 0.789. The average Bonchev–Trinajstić information content (AvgIpc) is 2.00. The van der Waals surface area contributed by atoms with Crippen molar-refractivity contribution in [1.82, 2.24) is 4.98 Å². The van der Waals surface area contributed by atoms with Crippen molar-refractivity contribution in [3.63, 3.8) is 0 Å². The molecule has 1 heterocycles. The fourth-order valence-electron chi connectivity index (χ4n) is 0.406. The monoisotopic (exact) mass is 269 g/mol. The van der Waals surface area contributed by atoms with Crippen LogP contribution >= 0.6 is 25.2 Å². The molecule has 0 amide bonds. The number of halogens is 2. The summed E-state index contributed by atoms with van der Waals surface area (Å²) in [4.78, 5) is 3.78. The van der Waals surface area contributed by atoms with Crippen LogP contribution in [0, 0.1) is 6.92 Å². The Bertz CT molecular complexity index is 157. The first-order chi connectivity index (χ1) is 4.79. The molecule has 1 rings (SSSR count). The standard InChI is InChI=1S/C6H5ClN.BrH.Zn/c1-5-2-3-6(7)8-4-5;;/h2-4H,1H2;1H;/q-1;;+2/p-1. The first-order valence-corrected chi connectivity index (χ1v) is 9.82. The second-order valence-corrected chi connectivity index (χ2v) is 1.88. The molecule has 0 aromatic carbocycles. The van der Waals surface area contributed by atoms with Gasteiger partial charge in [-0.2, -0.15) is 18.6 Å². The van der Waals surface area contributed by atoms with Crippen LogP contribution in [-0.4, -0.2) is 4.98 Å². The number of hydrogen-bond donors (Lipinski definition) is 0. The van der Waals surface area contributed by atoms with Crippen molar-refractivity contribution >= 4 is 25.2 Å². The van der Waals surface area contributed by atoms with Crippen LogP contribution in [0.1, 0.15) is 5.56 Å². The Morgan fingerprint density at radius 3 is 2.40 bits per heavy atom. The van der Waals surface area contributed by atoms with E-state index in [1.807, 2.05) is 6.07 Å². The number of rotatable bonds is 0. The molecule has 50 valence electrons. The Hall–Kier alpha value is 0.413. The van der Waals surface area contributed by atoms with Crippen LogP contribution in [0.25, 0.3) is 0 Å². The van der Waals surface area contributed by atoms with E-state index < -0.39 is 0 Å². The summed E-state index contributed by atoms with van der Waals surface area (Å²) in [7, 11) is 0. The van der Waals surface area contributed by atoms with Crippen LogP contribution in [0.3, 0.4) is 0 Å². The van der Waals surface area contributed by atoms with Crippen LogP contribution < -0.4 is 0 Å². The first-order valence-electron chi connectivity index (χ1n) is 2.49. The number of aromatic nitrogens is 1. The van der Waals surface area contributed by atoms with Crippen molar-refractivity contribution in [2.45, 2.75) is 0 Å². The van der Waals surface area contributed by atoms with Gasteiger partial charge < -0.3 is 4.98 Å². The van der Waals surface area contributed by atoms with Gasteiger partial charge in [0.2, 0.25) is 0 Å². The number of nitrogens with zero attached hydrogens (tertiary/aromatic N) is 1. The Kier molecular flexibility index (Phi) is 6.40. The van der Waals surface area contributed by atoms with E-state index in [-0.39, 0.29) is 0 Å². The van der Waals surface area contributed by atoms with Gasteiger partial charge in [0.15, 0.2) is 0 Å². The predicted octanol–water partition coefficient (Wildman–Crippen LogP) is 2.76. The molecular weight excluding hydrogens is 267 g/mol. The molecule has 0 saturated heterocycles. The molecule has 0 saturated carbocycles. The van der Waals surface area contributed by atoms with E-state index in [2.05, 4.69) is 25.5 Å². The van der Waals surface area contributed by atoms with E-state index >= 15 is 0 Å². The SMILES string of the molecule is [CH2-]c1ccc(Cl)nc1.[Zn+][Br]. The minimum atomic E-state index is 0.511. The van der Waals surface area contributed by atoms with Crippen LogP contribution in [-0.2, 0) is 16.3 Å². The molecule has 0 unspecified atom stereocenters. The molecule has 0 atom stereocenters. The maximum absolute atomic E-state index is 5.47. The van der Waals surface area contributed by atoms with Gasteiger partial charge in [0.05, 0.1) is 0 Å². The molecule has 0 spiro atoms. The van der Waals surface area contributed by atoms with Gasteiger partial charge >= 0.3 is 30.0 Å². The molecule has 0 fully saturated rings. The quantitative estimate of drug-likeness (QED) is 0.402. The summed E-state index contributed by atoms with van der Waals surface area (Å²) in [5.74, 6) is 0. The molecule has 10 heavy (non-hydrogen) atoms. The van der Waals surface area contributed by atoms with Crippen LogP contribution in [0.4, 0.5) is 0 Å². The number of pyridine rings is 1. The molecule has 1 nitrogen and oxygen atoms in total. The van der Waals surface area contributed by atoms with Crippen LogP contribution in [0.2, 0.25) is 5.15 Å². The average molecular weight is 272 g/mol. The fraction of sp³-hybridized carbons (Fsp3) is 0. The zero-order valence-electron chi connectivity index (χ0n) is 5.35. The molecule has 1 aromatic heterocycles. The zero-order chi connectivity index (χ0) is 7.98. The summed E-state index contributed by atoms with van der Waals surface area (Å²) in [5, 5.41) is 0.511. The van der Waals surface area contributed by atoms with Gasteiger partial charge in [0.1, 0.15) is 5.15 Å². The topological polar surface area (TPSA) is 12.9 Å². The van der Waals surface area contributed by atoms with E-state index in [1.54, 1.807) is 12.3 Å². The molecule has 0 aliphatic rings. The van der Waals surface area contributed by atoms with Gasteiger partial charge in [0.25, 0.3) is 0 Å². The van der Waals surface area contributed by atoms with E-state index in [0.717, 1.165) is 5.56 Å². The fourth-order valence-corrected chi connectivity index (χ4v) is 0.518. The summed E-state index contributed by atoms with van der Waals surface area (Å²) >= 11 is 9.72. The van der Waals surface area contributed by atoms with E-state index in [0.29, 0.717) is 5.15 Å². The molecule has 0 aliphatic heterocycles. The molecule has 0 radical (unpaired) electrons. The summed E-state index contributed by atoms with van der Waals surface area (Å²) in [6.07, 6.45) is 1.63. The third kappa shape index (κ3) is 4.26. The Labute approximate surface area is 82.2 Å². The molecule has 0 aliphatic carbocycles. The van der Waals surface area contributed by atoms with Gasteiger partial charge in [0, 0.05) is 0 Å². The van der Waals surface area contributed by atoms with E-state index in [9.17, 15) is 0 Å². The van der Waals surface area contributed by atoms with Gasteiger partial charge in [-0.15, -0.1) is 0 Å². The van der Waals surface area contributed by atoms with Crippen molar-refractivity contribution in [2.24, 2.45) is 0 Å². The molecule has 1 aromatic rings. The van der Waals surface area contributed by atoms with Crippen LogP contribution in [0.15, 0.2) is 18.3 Å². The molecule has 0 N–H and O–H groups in total. The summed E-state index contributed by atoms with van der Waals surface area (Å²) in [6.45, 7) is 3.64. The minimum absolute atomic E-state index is 0.511. The van der Waals surface area contributed by atoms with Crippen molar-refractivity contribution in [3.8, 4) is 0 Å². The summed E-state index contributed by atoms with van der Waals surface area (Å²) in [6, 6.07) is 3.53. The Morgan fingerprint density at radius 2 is 2.10 bits per heavy atom. The Balaban J connectivity index is 0.000000371. The van der Waals surface area contributed by atoms with Crippen LogP contribution in [0.5, 0.6) is 0 Å². The molecule has 4 heteroatoms. The maximum atomic E-state index is 5.47. The summed E-state index contributed by atoms with van der Waals surface area (Å²) in [5.41, 5.74) is 0.884. The first kappa shape index (κ1) is 10.4. The third-order valence-corrected chi connectivity index (χ3v) is 1.01. The van der Waals surface area contributed by atoms with Gasteiger partial charge in [-0.1, -0.05) is 23.9 Å². The number of hydrogen-bond acceptors (Lipinski definition) is 1. The van der Waals surface area contributed by atoms with Crippen molar-refractivity contribution in [1.29, 1.82) is 0 Å². The Morgan fingerprint density at radius 1 is 1.50 bits per heavy atom. The van der Waals surface area contributed by atoms with Crippen molar-refractivity contribution in [3.05, 3.63) is 36.0 Å². The molecule has 0 bridgehead atoms. The van der Waals surface area contributed by atoms with Gasteiger partial charge in [-0.3, -0.25) is 0 Å². The normalized spacial score (nSPS) is 8.00. The van der Waals surface area contributed by atoms with E-state index in [1.165, 1.54) is 16.3 Å². The second-order valence-electron chi connectivity index (χ2n) is 1.49. The molecular formula is C6H5BrClNZn. The second kappa shape index (κ2) is 6.14. The van der Waals surface area contributed by atoms with Gasteiger partial charge in [-0.25, -0.2) is 0 Å². The summed E-state index contributed by atoms with van der Waals surface area (Å²) < 4.78 is 0. The van der Waals surface area contributed by atoms with Gasteiger partial charge in [-0.05, 0) is 0 Å². The van der Waals surface area contributed by atoms with E-state index in [4.69, 9.17) is 11.6 Å². The zero-order valence-corrected chi connectivity index (χ0v) is 10.7. The van der Waals surface area contributed by atoms with Crippen molar-refractivity contribution in [2.75, 3.05) is 0 Å². The predicted molar refractivity (Wildman–Crippen MR) is 42.6 cm³/mol.